The fourth-order valence-electron chi connectivity index (χ4n) is 7.42. The Morgan fingerprint density at radius 2 is 1.28 bits per heavy atom. The molecule has 0 aliphatic heterocycles. The van der Waals surface area contributed by atoms with Crippen molar-refractivity contribution in [3.8, 4) is 44.8 Å². The van der Waals surface area contributed by atoms with Gasteiger partial charge in [-0.2, -0.15) is 0 Å². The summed E-state index contributed by atoms with van der Waals surface area (Å²) in [4.78, 5) is 14.0. The maximum atomic E-state index is 6.58. The fraction of sp³-hybridized carbons (Fsp3) is 0.0962. The van der Waals surface area contributed by atoms with Gasteiger partial charge < -0.3 is 14.4 Å². The second-order valence-electron chi connectivity index (χ2n) is 14.6. The molecule has 5 heteroatoms. The molecular weight excluding hydrogens is 875 g/mol. The van der Waals surface area contributed by atoms with E-state index in [1.165, 1.54) is 44.2 Å². The molecule has 4 nitrogen and oxygen atoms in total. The van der Waals surface area contributed by atoms with E-state index in [9.17, 15) is 0 Å². The standard InChI is InChI=1S/C39H27N2O.C13H12N.Ir/c1-23-18-30-19-28(26-8-5-4-6-9-26)14-15-29(30)20-34(23)35-21-36(40-22-24(35)2)33-11-7-10-31-32-17-16-27-13-12-25(3)41-37(27)39(32)42-38(31)33;1-10-3-6-12(7-4-10)13-8-5-11(2)9-14-13;/h4-10,12-22H,1-3H3;3-6,8-9H,1-2H3;/q2*-1;. The summed E-state index contributed by atoms with van der Waals surface area (Å²) in [5, 5.41) is 5.62. The Morgan fingerprint density at radius 1 is 0.526 bits per heavy atom. The molecule has 0 spiro atoms. The maximum Gasteiger partial charge on any atom is 0.147 e. The minimum absolute atomic E-state index is 0. The number of pyridine rings is 3. The Labute approximate surface area is 346 Å². The van der Waals surface area contributed by atoms with Gasteiger partial charge in [0.15, 0.2) is 0 Å². The van der Waals surface area contributed by atoms with Crippen molar-refractivity contribution in [3.63, 3.8) is 0 Å². The fourth-order valence-corrected chi connectivity index (χ4v) is 7.42. The normalized spacial score (nSPS) is 11.1. The average molecular weight is 914 g/mol. The summed E-state index contributed by atoms with van der Waals surface area (Å²) < 4.78 is 6.58. The van der Waals surface area contributed by atoms with Crippen LogP contribution in [0, 0.1) is 46.8 Å². The number of aryl methyl sites for hydroxylation is 5. The molecule has 0 amide bonds. The molecule has 0 unspecified atom stereocenters. The third kappa shape index (κ3) is 7.40. The van der Waals surface area contributed by atoms with E-state index in [1.807, 2.05) is 56.6 Å². The summed E-state index contributed by atoms with van der Waals surface area (Å²) in [6.45, 7) is 10.4. The summed E-state index contributed by atoms with van der Waals surface area (Å²) in [5.41, 5.74) is 16.8. The minimum atomic E-state index is 0. The minimum Gasteiger partial charge on any atom is -0.498 e. The van der Waals surface area contributed by atoms with Gasteiger partial charge >= 0.3 is 0 Å². The van der Waals surface area contributed by atoms with Crippen molar-refractivity contribution in [2.24, 2.45) is 0 Å². The zero-order chi connectivity index (χ0) is 38.3. The molecule has 0 bridgehead atoms. The van der Waals surface area contributed by atoms with Crippen molar-refractivity contribution < 1.29 is 24.5 Å². The van der Waals surface area contributed by atoms with E-state index in [0.717, 1.165) is 72.2 Å². The zero-order valence-electron chi connectivity index (χ0n) is 32.4. The maximum absolute atomic E-state index is 6.58. The topological polar surface area (TPSA) is 51.8 Å². The van der Waals surface area contributed by atoms with E-state index < -0.39 is 0 Å². The summed E-state index contributed by atoms with van der Waals surface area (Å²) in [6, 6.07) is 53.3. The number of rotatable bonds is 4. The van der Waals surface area contributed by atoms with Gasteiger partial charge in [0, 0.05) is 49.0 Å². The predicted molar refractivity (Wildman–Crippen MR) is 232 cm³/mol. The Kier molecular flexibility index (Phi) is 10.4. The zero-order valence-corrected chi connectivity index (χ0v) is 34.8. The van der Waals surface area contributed by atoms with Gasteiger partial charge in [-0.15, -0.1) is 53.6 Å². The van der Waals surface area contributed by atoms with Gasteiger partial charge in [-0.1, -0.05) is 103 Å². The monoisotopic (exact) mass is 914 g/mol. The summed E-state index contributed by atoms with van der Waals surface area (Å²) in [6.07, 6.45) is 3.84. The molecule has 0 N–H and O–H groups in total. The van der Waals surface area contributed by atoms with Gasteiger partial charge in [-0.3, -0.25) is 0 Å². The molecule has 6 aromatic carbocycles. The Balaban J connectivity index is 0.000000257. The van der Waals surface area contributed by atoms with E-state index in [4.69, 9.17) is 14.4 Å². The predicted octanol–water partition coefficient (Wildman–Crippen LogP) is 13.6. The van der Waals surface area contributed by atoms with Crippen LogP contribution in [0.1, 0.15) is 27.9 Å². The Bertz CT molecular complexity index is 3020. The van der Waals surface area contributed by atoms with Crippen LogP contribution in [0.25, 0.3) is 88.4 Å². The largest absolute Gasteiger partial charge is 0.498 e. The SMILES string of the molecule is Cc1c[c-]c(-c2ccc(C)cn2)cc1.Cc1ccc2ccc3c4cc[c-]c(-c5cc(-c6cc7ccc(-c8ccccc8)cc7cc6C)c(C)cn5)c4oc3c2n1.[Ir]. The van der Waals surface area contributed by atoms with E-state index in [1.54, 1.807) is 0 Å². The van der Waals surface area contributed by atoms with Crippen molar-refractivity contribution in [2.75, 3.05) is 0 Å². The first kappa shape index (κ1) is 37.7. The van der Waals surface area contributed by atoms with Gasteiger partial charge in [0.2, 0.25) is 0 Å². The molecule has 10 rings (SSSR count). The molecular formula is C52H39IrN3O-2. The smallest absolute Gasteiger partial charge is 0.147 e. The molecule has 57 heavy (non-hydrogen) atoms. The molecule has 0 saturated heterocycles. The van der Waals surface area contributed by atoms with Gasteiger partial charge in [-0.25, -0.2) is 4.98 Å². The quantitative estimate of drug-likeness (QED) is 0.165. The van der Waals surface area contributed by atoms with Crippen LogP contribution in [0.15, 0.2) is 150 Å². The summed E-state index contributed by atoms with van der Waals surface area (Å²) in [5.74, 6) is 0. The molecule has 1 radical (unpaired) electrons. The van der Waals surface area contributed by atoms with Crippen LogP contribution >= 0.6 is 0 Å². The number of aromatic nitrogens is 3. The first-order valence-electron chi connectivity index (χ1n) is 18.9. The molecule has 0 aliphatic carbocycles. The van der Waals surface area contributed by atoms with E-state index in [0.29, 0.717) is 0 Å². The Morgan fingerprint density at radius 3 is 2.07 bits per heavy atom. The number of hydrogen-bond donors (Lipinski definition) is 0. The summed E-state index contributed by atoms with van der Waals surface area (Å²) >= 11 is 0. The van der Waals surface area contributed by atoms with E-state index in [-0.39, 0.29) is 20.1 Å². The number of fused-ring (bicyclic) bond motifs is 6. The van der Waals surface area contributed by atoms with Gasteiger partial charge in [0.25, 0.3) is 0 Å². The van der Waals surface area contributed by atoms with Crippen LogP contribution in [-0.4, -0.2) is 15.0 Å². The van der Waals surface area contributed by atoms with Crippen LogP contribution in [0.2, 0.25) is 0 Å². The number of hydrogen-bond acceptors (Lipinski definition) is 4. The van der Waals surface area contributed by atoms with Crippen molar-refractivity contribution in [3.05, 3.63) is 186 Å². The van der Waals surface area contributed by atoms with E-state index in [2.05, 4.69) is 141 Å². The molecule has 0 atom stereocenters. The van der Waals surface area contributed by atoms with E-state index >= 15 is 0 Å². The van der Waals surface area contributed by atoms with Crippen LogP contribution in [0.5, 0.6) is 0 Å². The van der Waals surface area contributed by atoms with Gasteiger partial charge in [0.1, 0.15) is 11.1 Å². The van der Waals surface area contributed by atoms with Gasteiger partial charge in [0.05, 0.1) is 5.58 Å². The molecule has 0 fully saturated rings. The third-order valence-electron chi connectivity index (χ3n) is 10.5. The van der Waals surface area contributed by atoms with Crippen molar-refractivity contribution in [1.29, 1.82) is 0 Å². The molecule has 0 aliphatic rings. The second kappa shape index (κ2) is 15.7. The number of furan rings is 1. The first-order chi connectivity index (χ1) is 27.3. The molecule has 279 valence electrons. The van der Waals surface area contributed by atoms with Crippen LogP contribution in [0.3, 0.4) is 0 Å². The molecule has 4 aromatic heterocycles. The van der Waals surface area contributed by atoms with Gasteiger partial charge in [-0.05, 0) is 107 Å². The van der Waals surface area contributed by atoms with Crippen LogP contribution in [-0.2, 0) is 20.1 Å². The molecule has 10 aromatic rings. The van der Waals surface area contributed by atoms with Crippen molar-refractivity contribution >= 4 is 43.6 Å². The first-order valence-corrected chi connectivity index (χ1v) is 18.9. The van der Waals surface area contributed by atoms with Crippen LogP contribution in [0.4, 0.5) is 0 Å². The van der Waals surface area contributed by atoms with Crippen molar-refractivity contribution in [1.82, 2.24) is 15.0 Å². The molecule has 4 heterocycles. The third-order valence-corrected chi connectivity index (χ3v) is 10.5. The molecule has 0 saturated carbocycles. The Hall–Kier alpha value is -6.26. The number of benzene rings is 6. The summed E-state index contributed by atoms with van der Waals surface area (Å²) in [7, 11) is 0. The van der Waals surface area contributed by atoms with Crippen molar-refractivity contribution in [2.45, 2.75) is 34.6 Å². The van der Waals surface area contributed by atoms with Crippen LogP contribution < -0.4 is 0 Å². The number of nitrogens with zero attached hydrogens (tertiary/aromatic N) is 3. The average Bonchev–Trinajstić information content (AvgIpc) is 3.62. The second-order valence-corrected chi connectivity index (χ2v) is 14.6.